The molecule has 1 aromatic rings. The van der Waals surface area contributed by atoms with Crippen molar-refractivity contribution in [3.63, 3.8) is 0 Å². The molecule has 0 bridgehead atoms. The largest absolute Gasteiger partial charge is 0.159 e. The second-order valence-corrected chi connectivity index (χ2v) is 4.26. The summed E-state index contributed by atoms with van der Waals surface area (Å²) in [6, 6.07) is 2.19. The van der Waals surface area contributed by atoms with Crippen LogP contribution in [0.25, 0.3) is 0 Å². The summed E-state index contributed by atoms with van der Waals surface area (Å²) >= 11 is 0. The van der Waals surface area contributed by atoms with E-state index in [1.165, 1.54) is 18.4 Å². The van der Waals surface area contributed by atoms with Crippen LogP contribution in [0.15, 0.2) is 12.3 Å². The molecule has 0 aliphatic heterocycles. The smallest absolute Gasteiger partial charge is 0.0659 e. The van der Waals surface area contributed by atoms with Crippen molar-refractivity contribution >= 4 is 0 Å². The molecule has 2 nitrogen and oxygen atoms in total. The van der Waals surface area contributed by atoms with Crippen LogP contribution in [0.5, 0.6) is 0 Å². The summed E-state index contributed by atoms with van der Waals surface area (Å²) in [5.74, 6) is 1.07. The van der Waals surface area contributed by atoms with Crippen molar-refractivity contribution in [2.45, 2.75) is 52.4 Å². The molecular formula is C12H20N2. The van der Waals surface area contributed by atoms with Gasteiger partial charge in [0.25, 0.3) is 0 Å². The van der Waals surface area contributed by atoms with E-state index in [0.29, 0.717) is 11.8 Å². The molecule has 1 heterocycles. The van der Waals surface area contributed by atoms with Crippen LogP contribution in [-0.4, -0.2) is 10.2 Å². The fourth-order valence-electron chi connectivity index (χ4n) is 1.55. The van der Waals surface area contributed by atoms with Gasteiger partial charge in [0.2, 0.25) is 0 Å². The predicted molar refractivity (Wildman–Crippen MR) is 59.4 cm³/mol. The Morgan fingerprint density at radius 3 is 2.57 bits per heavy atom. The van der Waals surface area contributed by atoms with E-state index in [2.05, 4.69) is 44.0 Å². The van der Waals surface area contributed by atoms with E-state index < -0.39 is 0 Å². The molecule has 14 heavy (non-hydrogen) atoms. The van der Waals surface area contributed by atoms with E-state index in [1.807, 2.05) is 6.20 Å². The van der Waals surface area contributed by atoms with Crippen molar-refractivity contribution in [3.05, 3.63) is 23.5 Å². The molecule has 1 aromatic heterocycles. The van der Waals surface area contributed by atoms with Gasteiger partial charge in [-0.25, -0.2) is 0 Å². The lowest BCUT2D eigenvalue weighted by atomic mass is 9.96. The van der Waals surface area contributed by atoms with Crippen molar-refractivity contribution in [3.8, 4) is 0 Å². The molecule has 0 N–H and O–H groups in total. The SMILES string of the molecule is CCCC(C)c1cnnc(C(C)C)c1. The molecule has 1 atom stereocenters. The summed E-state index contributed by atoms with van der Waals surface area (Å²) in [4.78, 5) is 0. The average Bonchev–Trinajstić information content (AvgIpc) is 2.18. The zero-order chi connectivity index (χ0) is 10.6. The van der Waals surface area contributed by atoms with Gasteiger partial charge in [-0.05, 0) is 29.9 Å². The van der Waals surface area contributed by atoms with Crippen LogP contribution >= 0.6 is 0 Å². The maximum absolute atomic E-state index is 4.13. The van der Waals surface area contributed by atoms with Crippen LogP contribution in [0, 0.1) is 0 Å². The van der Waals surface area contributed by atoms with Crippen LogP contribution in [-0.2, 0) is 0 Å². The van der Waals surface area contributed by atoms with Gasteiger partial charge in [0, 0.05) is 0 Å². The van der Waals surface area contributed by atoms with Crippen LogP contribution < -0.4 is 0 Å². The van der Waals surface area contributed by atoms with E-state index in [1.54, 1.807) is 0 Å². The van der Waals surface area contributed by atoms with E-state index in [-0.39, 0.29) is 0 Å². The highest BCUT2D eigenvalue weighted by molar-refractivity contribution is 5.18. The van der Waals surface area contributed by atoms with Gasteiger partial charge in [-0.2, -0.15) is 10.2 Å². The van der Waals surface area contributed by atoms with Gasteiger partial charge >= 0.3 is 0 Å². The van der Waals surface area contributed by atoms with Gasteiger partial charge < -0.3 is 0 Å². The van der Waals surface area contributed by atoms with Gasteiger partial charge in [-0.15, -0.1) is 0 Å². The number of rotatable bonds is 4. The van der Waals surface area contributed by atoms with Crippen LogP contribution in [0.4, 0.5) is 0 Å². The molecule has 0 radical (unpaired) electrons. The molecule has 0 spiro atoms. The zero-order valence-electron chi connectivity index (χ0n) is 9.62. The summed E-state index contributed by atoms with van der Waals surface area (Å²) in [6.45, 7) is 8.77. The molecule has 0 aromatic carbocycles. The molecule has 0 aliphatic carbocycles. The third-order valence-electron chi connectivity index (χ3n) is 2.58. The highest BCUT2D eigenvalue weighted by Crippen LogP contribution is 2.21. The minimum atomic E-state index is 0.469. The Kier molecular flexibility index (Phi) is 4.05. The van der Waals surface area contributed by atoms with E-state index >= 15 is 0 Å². The Hall–Kier alpha value is -0.920. The summed E-state index contributed by atoms with van der Waals surface area (Å²) < 4.78 is 0. The van der Waals surface area contributed by atoms with E-state index in [9.17, 15) is 0 Å². The molecule has 1 unspecified atom stereocenters. The molecule has 2 heteroatoms. The maximum Gasteiger partial charge on any atom is 0.0659 e. The molecular weight excluding hydrogens is 172 g/mol. The standard InChI is InChI=1S/C12H20N2/c1-5-6-10(4)11-7-12(9(2)3)14-13-8-11/h7-10H,5-6H2,1-4H3. The quantitative estimate of drug-likeness (QED) is 0.729. The normalized spacial score (nSPS) is 13.2. The lowest BCUT2D eigenvalue weighted by Gasteiger charge is -2.11. The molecule has 0 fully saturated rings. The Morgan fingerprint density at radius 1 is 1.29 bits per heavy atom. The third kappa shape index (κ3) is 2.79. The highest BCUT2D eigenvalue weighted by Gasteiger charge is 2.08. The van der Waals surface area contributed by atoms with Gasteiger partial charge in [0.05, 0.1) is 11.9 Å². The second-order valence-electron chi connectivity index (χ2n) is 4.26. The molecule has 0 saturated heterocycles. The Balaban J connectivity index is 2.82. The predicted octanol–water partition coefficient (Wildman–Crippen LogP) is 3.50. The number of hydrogen-bond donors (Lipinski definition) is 0. The van der Waals surface area contributed by atoms with Crippen molar-refractivity contribution < 1.29 is 0 Å². The third-order valence-corrected chi connectivity index (χ3v) is 2.58. The monoisotopic (exact) mass is 192 g/mol. The van der Waals surface area contributed by atoms with Crippen molar-refractivity contribution in [1.82, 2.24) is 10.2 Å². The topological polar surface area (TPSA) is 25.8 Å². The fourth-order valence-corrected chi connectivity index (χ4v) is 1.55. The minimum absolute atomic E-state index is 0.469. The van der Waals surface area contributed by atoms with Crippen molar-refractivity contribution in [2.75, 3.05) is 0 Å². The number of aromatic nitrogens is 2. The summed E-state index contributed by atoms with van der Waals surface area (Å²) in [7, 11) is 0. The van der Waals surface area contributed by atoms with Crippen molar-refractivity contribution in [1.29, 1.82) is 0 Å². The summed E-state index contributed by atoms with van der Waals surface area (Å²) in [5, 5.41) is 8.19. The van der Waals surface area contributed by atoms with Crippen LogP contribution in [0.2, 0.25) is 0 Å². The lowest BCUT2D eigenvalue weighted by molar-refractivity contribution is 0.653. The molecule has 0 aliphatic rings. The Bertz CT molecular complexity index is 281. The van der Waals surface area contributed by atoms with Gasteiger partial charge in [0.15, 0.2) is 0 Å². The second kappa shape index (κ2) is 5.08. The van der Waals surface area contributed by atoms with Crippen LogP contribution in [0.3, 0.4) is 0 Å². The Labute approximate surface area is 86.8 Å². The minimum Gasteiger partial charge on any atom is -0.159 e. The van der Waals surface area contributed by atoms with Crippen molar-refractivity contribution in [2.24, 2.45) is 0 Å². The van der Waals surface area contributed by atoms with E-state index in [0.717, 1.165) is 5.69 Å². The van der Waals surface area contributed by atoms with E-state index in [4.69, 9.17) is 0 Å². The summed E-state index contributed by atoms with van der Waals surface area (Å²) in [5.41, 5.74) is 2.43. The summed E-state index contributed by atoms with van der Waals surface area (Å²) in [6.07, 6.45) is 4.34. The van der Waals surface area contributed by atoms with Gasteiger partial charge in [-0.1, -0.05) is 34.1 Å². The first kappa shape index (κ1) is 11.2. The first-order valence-electron chi connectivity index (χ1n) is 5.47. The first-order chi connectivity index (χ1) is 6.65. The molecule has 1 rings (SSSR count). The number of nitrogens with zero attached hydrogens (tertiary/aromatic N) is 2. The molecule has 0 amide bonds. The number of hydrogen-bond acceptors (Lipinski definition) is 2. The molecule has 78 valence electrons. The van der Waals surface area contributed by atoms with Gasteiger partial charge in [-0.3, -0.25) is 0 Å². The Morgan fingerprint density at radius 2 is 2.00 bits per heavy atom. The maximum atomic E-state index is 4.13. The fraction of sp³-hybridized carbons (Fsp3) is 0.667. The van der Waals surface area contributed by atoms with Crippen LogP contribution in [0.1, 0.15) is 63.6 Å². The van der Waals surface area contributed by atoms with Gasteiger partial charge in [0.1, 0.15) is 0 Å². The zero-order valence-corrected chi connectivity index (χ0v) is 9.62. The lowest BCUT2D eigenvalue weighted by Crippen LogP contribution is -2.00. The molecule has 0 saturated carbocycles. The highest BCUT2D eigenvalue weighted by atomic mass is 15.1. The average molecular weight is 192 g/mol. The first-order valence-corrected chi connectivity index (χ1v) is 5.47.